The van der Waals surface area contributed by atoms with Crippen LogP contribution in [0.5, 0.6) is 5.75 Å². The number of benzene rings is 1. The van der Waals surface area contributed by atoms with Gasteiger partial charge in [-0.3, -0.25) is 0 Å². The molecule has 0 bridgehead atoms. The van der Waals surface area contributed by atoms with Gasteiger partial charge in [-0.2, -0.15) is 0 Å². The zero-order chi connectivity index (χ0) is 13.8. The number of hydrogen-bond donors (Lipinski definition) is 2. The second-order valence-electron chi connectivity index (χ2n) is 3.73. The van der Waals surface area contributed by atoms with Crippen molar-refractivity contribution in [2.75, 3.05) is 13.2 Å². The van der Waals surface area contributed by atoms with Gasteiger partial charge in [0.2, 0.25) is 10.0 Å². The Balaban J connectivity index is 2.98. The molecule has 102 valence electrons. The molecule has 1 atom stereocenters. The minimum atomic E-state index is -3.77. The van der Waals surface area contributed by atoms with Gasteiger partial charge < -0.3 is 9.84 Å². The van der Waals surface area contributed by atoms with E-state index in [9.17, 15) is 12.8 Å². The molecule has 0 aromatic heterocycles. The summed E-state index contributed by atoms with van der Waals surface area (Å²) in [5.41, 5.74) is 0. The zero-order valence-corrected chi connectivity index (χ0v) is 11.0. The second kappa shape index (κ2) is 6.12. The topological polar surface area (TPSA) is 75.6 Å². The smallest absolute Gasteiger partial charge is 0.240 e. The third-order valence-electron chi connectivity index (χ3n) is 2.08. The standard InChI is InChI=1S/C11H16FNO4S/c1-3-17-11-6-9(4-5-10(11)12)18(15,16)13-7-8(2)14/h4-6,8,13-14H,3,7H2,1-2H3. The van der Waals surface area contributed by atoms with Gasteiger partial charge in [-0.1, -0.05) is 0 Å². The van der Waals surface area contributed by atoms with E-state index in [2.05, 4.69) is 4.72 Å². The van der Waals surface area contributed by atoms with E-state index >= 15 is 0 Å². The first-order valence-corrected chi connectivity index (χ1v) is 6.95. The fourth-order valence-corrected chi connectivity index (χ4v) is 2.37. The monoisotopic (exact) mass is 277 g/mol. The summed E-state index contributed by atoms with van der Waals surface area (Å²) in [4.78, 5) is -0.104. The average molecular weight is 277 g/mol. The molecule has 5 nitrogen and oxygen atoms in total. The van der Waals surface area contributed by atoms with Crippen LogP contribution < -0.4 is 9.46 Å². The van der Waals surface area contributed by atoms with E-state index in [1.807, 2.05) is 0 Å². The van der Waals surface area contributed by atoms with Gasteiger partial charge >= 0.3 is 0 Å². The molecule has 1 unspecified atom stereocenters. The molecule has 7 heteroatoms. The van der Waals surface area contributed by atoms with Crippen molar-refractivity contribution in [2.45, 2.75) is 24.8 Å². The van der Waals surface area contributed by atoms with Crippen molar-refractivity contribution >= 4 is 10.0 Å². The first kappa shape index (κ1) is 14.9. The molecule has 1 aromatic carbocycles. The van der Waals surface area contributed by atoms with E-state index < -0.39 is 21.9 Å². The van der Waals surface area contributed by atoms with Crippen LogP contribution >= 0.6 is 0 Å². The van der Waals surface area contributed by atoms with Gasteiger partial charge in [-0.05, 0) is 26.0 Å². The van der Waals surface area contributed by atoms with Crippen molar-refractivity contribution in [3.8, 4) is 5.75 Å². The predicted molar refractivity (Wildman–Crippen MR) is 64.4 cm³/mol. The van der Waals surface area contributed by atoms with Crippen molar-refractivity contribution in [2.24, 2.45) is 0 Å². The summed E-state index contributed by atoms with van der Waals surface area (Å²) < 4.78 is 44.1. The number of halogens is 1. The highest BCUT2D eigenvalue weighted by atomic mass is 32.2. The number of hydrogen-bond acceptors (Lipinski definition) is 4. The summed E-state index contributed by atoms with van der Waals surface area (Å²) in [6.07, 6.45) is -0.799. The van der Waals surface area contributed by atoms with Crippen molar-refractivity contribution in [3.63, 3.8) is 0 Å². The number of aliphatic hydroxyl groups excluding tert-OH is 1. The molecule has 0 aliphatic heterocycles. The van der Waals surface area contributed by atoms with E-state index in [0.717, 1.165) is 18.2 Å². The van der Waals surface area contributed by atoms with Crippen LogP contribution in [0, 0.1) is 5.82 Å². The second-order valence-corrected chi connectivity index (χ2v) is 5.49. The average Bonchev–Trinajstić information content (AvgIpc) is 2.29. The highest BCUT2D eigenvalue weighted by Gasteiger charge is 2.17. The number of sulfonamides is 1. The predicted octanol–water partition coefficient (Wildman–Crippen LogP) is 0.883. The van der Waals surface area contributed by atoms with Gasteiger partial charge in [0.05, 0.1) is 17.6 Å². The van der Waals surface area contributed by atoms with Crippen LogP contribution in [-0.4, -0.2) is 32.8 Å². The van der Waals surface area contributed by atoms with Crippen LogP contribution in [0.2, 0.25) is 0 Å². The number of nitrogens with one attached hydrogen (secondary N) is 1. The lowest BCUT2D eigenvalue weighted by Crippen LogP contribution is -2.30. The molecule has 1 aromatic rings. The Kier molecular flexibility index (Phi) is 5.06. The molecule has 0 saturated carbocycles. The largest absolute Gasteiger partial charge is 0.491 e. The van der Waals surface area contributed by atoms with Crippen LogP contribution in [0.1, 0.15) is 13.8 Å². The molecular weight excluding hydrogens is 261 g/mol. The normalized spacial score (nSPS) is 13.3. The summed E-state index contributed by atoms with van der Waals surface area (Å²) in [5, 5.41) is 9.03. The van der Waals surface area contributed by atoms with E-state index in [1.165, 1.54) is 6.92 Å². The van der Waals surface area contributed by atoms with Crippen LogP contribution in [0.15, 0.2) is 23.1 Å². The highest BCUT2D eigenvalue weighted by molar-refractivity contribution is 7.89. The summed E-state index contributed by atoms with van der Waals surface area (Å²) in [5.74, 6) is -0.733. The summed E-state index contributed by atoms with van der Waals surface area (Å²) in [6.45, 7) is 3.26. The first-order valence-electron chi connectivity index (χ1n) is 5.47. The summed E-state index contributed by atoms with van der Waals surface area (Å²) >= 11 is 0. The van der Waals surface area contributed by atoms with Gasteiger partial charge in [-0.25, -0.2) is 17.5 Å². The van der Waals surface area contributed by atoms with E-state index in [-0.39, 0.29) is 23.8 Å². The summed E-state index contributed by atoms with van der Waals surface area (Å²) in [6, 6.07) is 3.29. The number of ether oxygens (including phenoxy) is 1. The van der Waals surface area contributed by atoms with Crippen LogP contribution in [0.4, 0.5) is 4.39 Å². The van der Waals surface area contributed by atoms with Crippen LogP contribution in [0.25, 0.3) is 0 Å². The third-order valence-corrected chi connectivity index (χ3v) is 3.50. The van der Waals surface area contributed by atoms with Crippen LogP contribution in [-0.2, 0) is 10.0 Å². The lowest BCUT2D eigenvalue weighted by Gasteiger charge is -2.10. The fraction of sp³-hybridized carbons (Fsp3) is 0.455. The molecule has 0 spiro atoms. The van der Waals surface area contributed by atoms with Gasteiger partial charge in [-0.15, -0.1) is 0 Å². The van der Waals surface area contributed by atoms with Crippen molar-refractivity contribution in [3.05, 3.63) is 24.0 Å². The fourth-order valence-electron chi connectivity index (χ4n) is 1.23. The lowest BCUT2D eigenvalue weighted by atomic mass is 10.3. The quantitative estimate of drug-likeness (QED) is 0.809. The third kappa shape index (κ3) is 3.94. The molecule has 0 heterocycles. The molecule has 0 amide bonds. The minimum Gasteiger partial charge on any atom is -0.491 e. The Hall–Kier alpha value is -1.18. The molecule has 2 N–H and O–H groups in total. The molecule has 0 aliphatic rings. The van der Waals surface area contributed by atoms with Gasteiger partial charge in [0.1, 0.15) is 0 Å². The molecular formula is C11H16FNO4S. The Bertz CT molecular complexity index is 502. The number of rotatable bonds is 6. The van der Waals surface area contributed by atoms with Gasteiger partial charge in [0, 0.05) is 12.6 Å². The maximum absolute atomic E-state index is 13.3. The molecule has 0 saturated heterocycles. The Morgan fingerprint density at radius 3 is 2.72 bits per heavy atom. The van der Waals surface area contributed by atoms with Gasteiger partial charge in [0.15, 0.2) is 11.6 Å². The lowest BCUT2D eigenvalue weighted by molar-refractivity contribution is 0.198. The molecule has 18 heavy (non-hydrogen) atoms. The highest BCUT2D eigenvalue weighted by Crippen LogP contribution is 2.21. The maximum atomic E-state index is 13.3. The minimum absolute atomic E-state index is 0.104. The Morgan fingerprint density at radius 1 is 1.50 bits per heavy atom. The SMILES string of the molecule is CCOc1cc(S(=O)(=O)NCC(C)O)ccc1F. The summed E-state index contributed by atoms with van der Waals surface area (Å²) in [7, 11) is -3.77. The van der Waals surface area contributed by atoms with Crippen molar-refractivity contribution in [1.82, 2.24) is 4.72 Å². The molecule has 0 fully saturated rings. The zero-order valence-electron chi connectivity index (χ0n) is 10.2. The van der Waals surface area contributed by atoms with Crippen LogP contribution in [0.3, 0.4) is 0 Å². The van der Waals surface area contributed by atoms with Crippen molar-refractivity contribution in [1.29, 1.82) is 0 Å². The number of aliphatic hydroxyl groups is 1. The van der Waals surface area contributed by atoms with Crippen molar-refractivity contribution < 1.29 is 22.7 Å². The van der Waals surface area contributed by atoms with E-state index in [0.29, 0.717) is 0 Å². The van der Waals surface area contributed by atoms with E-state index in [4.69, 9.17) is 9.84 Å². The maximum Gasteiger partial charge on any atom is 0.240 e. The van der Waals surface area contributed by atoms with Gasteiger partial charge in [0.25, 0.3) is 0 Å². The molecule has 0 aliphatic carbocycles. The molecule has 0 radical (unpaired) electrons. The van der Waals surface area contributed by atoms with E-state index in [1.54, 1.807) is 6.92 Å². The Labute approximate surface area is 106 Å². The first-order chi connectivity index (χ1) is 8.36. The molecule has 1 rings (SSSR count). The Morgan fingerprint density at radius 2 is 2.17 bits per heavy atom.